The summed E-state index contributed by atoms with van der Waals surface area (Å²) in [6.07, 6.45) is 0. The molecule has 110 valence electrons. The van der Waals surface area contributed by atoms with Crippen LogP contribution in [0.25, 0.3) is 0 Å². The van der Waals surface area contributed by atoms with Crippen molar-refractivity contribution in [1.82, 2.24) is 5.32 Å². The number of anilines is 1. The minimum atomic E-state index is -3.80. The van der Waals surface area contributed by atoms with E-state index in [0.29, 0.717) is 5.69 Å². The molecule has 0 saturated heterocycles. The molecule has 0 radical (unpaired) electrons. The van der Waals surface area contributed by atoms with E-state index in [1.807, 2.05) is 0 Å². The fourth-order valence-electron chi connectivity index (χ4n) is 1.43. The fraction of sp³-hybridized carbons (Fsp3) is 0.333. The normalized spacial score (nSPS) is 10.8. The van der Waals surface area contributed by atoms with Crippen LogP contribution in [0.3, 0.4) is 0 Å². The van der Waals surface area contributed by atoms with E-state index in [2.05, 4.69) is 10.6 Å². The Bertz CT molecular complexity index is 557. The highest BCUT2D eigenvalue weighted by atomic mass is 32.2. The molecule has 0 unspecified atom stereocenters. The topological polar surface area (TPSA) is 118 Å². The maximum absolute atomic E-state index is 11.7. The van der Waals surface area contributed by atoms with Crippen molar-refractivity contribution in [3.8, 4) is 0 Å². The summed E-state index contributed by atoms with van der Waals surface area (Å²) in [7, 11) is -3.80. The van der Waals surface area contributed by atoms with Crippen LogP contribution in [0.4, 0.5) is 5.69 Å². The van der Waals surface area contributed by atoms with Crippen LogP contribution in [0.5, 0.6) is 0 Å². The van der Waals surface area contributed by atoms with Gasteiger partial charge in [0.1, 0.15) is 11.5 Å². The molecular formula is C12H17N3O4S. The second-order valence-corrected chi connectivity index (χ2v) is 6.15. The number of sulfone groups is 1. The van der Waals surface area contributed by atoms with Crippen molar-refractivity contribution < 1.29 is 18.0 Å². The lowest BCUT2D eigenvalue weighted by molar-refractivity contribution is -0.118. The maximum Gasteiger partial charge on any atom is 0.239 e. The largest absolute Gasteiger partial charge is 0.354 e. The first kappa shape index (κ1) is 16.1. The number of amides is 2. The first-order chi connectivity index (χ1) is 9.43. The van der Waals surface area contributed by atoms with Crippen molar-refractivity contribution in [3.05, 3.63) is 30.3 Å². The number of nitrogens with two attached hydrogens (primary N) is 1. The monoisotopic (exact) mass is 299 g/mol. The molecule has 20 heavy (non-hydrogen) atoms. The highest BCUT2D eigenvalue weighted by molar-refractivity contribution is 7.92. The van der Waals surface area contributed by atoms with Gasteiger partial charge in [0, 0.05) is 18.8 Å². The zero-order chi connectivity index (χ0) is 15.0. The molecule has 0 heterocycles. The summed E-state index contributed by atoms with van der Waals surface area (Å²) in [5.41, 5.74) is 5.68. The molecule has 4 N–H and O–H groups in total. The number of benzene rings is 1. The molecule has 0 saturated carbocycles. The van der Waals surface area contributed by atoms with Crippen LogP contribution in [0, 0.1) is 0 Å². The van der Waals surface area contributed by atoms with E-state index in [4.69, 9.17) is 5.73 Å². The number of carbonyl (C=O) groups is 2. The quantitative estimate of drug-likeness (QED) is 0.604. The molecule has 7 nitrogen and oxygen atoms in total. The minimum absolute atomic E-state index is 0.199. The molecule has 0 atom stereocenters. The molecule has 1 rings (SSSR count). The Kier molecular flexibility index (Phi) is 6.13. The zero-order valence-electron chi connectivity index (χ0n) is 10.8. The lowest BCUT2D eigenvalue weighted by Crippen LogP contribution is -2.36. The number of hydrogen-bond acceptors (Lipinski definition) is 5. The smallest absolute Gasteiger partial charge is 0.239 e. The van der Waals surface area contributed by atoms with Crippen molar-refractivity contribution in [3.63, 3.8) is 0 Å². The molecule has 2 amide bonds. The van der Waals surface area contributed by atoms with Crippen LogP contribution >= 0.6 is 0 Å². The average molecular weight is 299 g/mol. The van der Waals surface area contributed by atoms with Crippen LogP contribution < -0.4 is 16.4 Å². The van der Waals surface area contributed by atoms with E-state index >= 15 is 0 Å². The zero-order valence-corrected chi connectivity index (χ0v) is 11.7. The van der Waals surface area contributed by atoms with Crippen LogP contribution in [0.15, 0.2) is 30.3 Å². The lowest BCUT2D eigenvalue weighted by Gasteiger charge is -2.06. The third kappa shape index (κ3) is 6.30. The number of para-hydroxylation sites is 1. The van der Waals surface area contributed by atoms with Crippen molar-refractivity contribution in [2.24, 2.45) is 5.73 Å². The van der Waals surface area contributed by atoms with Gasteiger partial charge >= 0.3 is 0 Å². The molecule has 8 heteroatoms. The molecule has 1 aromatic carbocycles. The molecule has 0 aliphatic rings. The third-order valence-corrected chi connectivity index (χ3v) is 3.63. The van der Waals surface area contributed by atoms with E-state index in [9.17, 15) is 18.0 Å². The Morgan fingerprint density at radius 2 is 1.65 bits per heavy atom. The molecule has 0 fully saturated rings. The van der Waals surface area contributed by atoms with E-state index in [0.717, 1.165) is 0 Å². The highest BCUT2D eigenvalue weighted by Gasteiger charge is 2.20. The van der Waals surface area contributed by atoms with Crippen LogP contribution in [-0.2, 0) is 19.4 Å². The van der Waals surface area contributed by atoms with Crippen molar-refractivity contribution in [2.75, 3.05) is 29.9 Å². The summed E-state index contributed by atoms with van der Waals surface area (Å²) < 4.78 is 23.3. The second-order valence-electron chi connectivity index (χ2n) is 4.09. The van der Waals surface area contributed by atoms with Crippen molar-refractivity contribution in [1.29, 1.82) is 0 Å². The van der Waals surface area contributed by atoms with Gasteiger partial charge in [-0.05, 0) is 12.1 Å². The van der Waals surface area contributed by atoms with Gasteiger partial charge in [0.2, 0.25) is 11.8 Å². The SMILES string of the molecule is NCCNC(=O)CS(=O)(=O)CC(=O)Nc1ccccc1. The van der Waals surface area contributed by atoms with Gasteiger partial charge in [-0.15, -0.1) is 0 Å². The van der Waals surface area contributed by atoms with Crippen molar-refractivity contribution >= 4 is 27.3 Å². The molecule has 0 spiro atoms. The average Bonchev–Trinajstić information content (AvgIpc) is 2.36. The fourth-order valence-corrected chi connectivity index (χ4v) is 2.51. The van der Waals surface area contributed by atoms with Gasteiger partial charge < -0.3 is 16.4 Å². The minimum Gasteiger partial charge on any atom is -0.354 e. The van der Waals surface area contributed by atoms with Gasteiger partial charge in [0.05, 0.1) is 0 Å². The Balaban J connectivity index is 2.49. The van der Waals surface area contributed by atoms with Gasteiger partial charge in [-0.25, -0.2) is 8.42 Å². The first-order valence-corrected chi connectivity index (χ1v) is 7.77. The van der Waals surface area contributed by atoms with Gasteiger partial charge in [-0.3, -0.25) is 9.59 Å². The third-order valence-electron chi connectivity index (χ3n) is 2.23. The number of hydrogen-bond donors (Lipinski definition) is 3. The van der Waals surface area contributed by atoms with Gasteiger partial charge in [-0.2, -0.15) is 0 Å². The Labute approximate surface area is 117 Å². The lowest BCUT2D eigenvalue weighted by atomic mass is 10.3. The Morgan fingerprint density at radius 1 is 1.05 bits per heavy atom. The summed E-state index contributed by atoms with van der Waals surface area (Å²) in [4.78, 5) is 22.9. The Morgan fingerprint density at radius 3 is 2.25 bits per heavy atom. The van der Waals surface area contributed by atoms with E-state index in [1.165, 1.54) is 0 Å². The molecular weight excluding hydrogens is 282 g/mol. The number of rotatable bonds is 7. The van der Waals surface area contributed by atoms with Crippen molar-refractivity contribution in [2.45, 2.75) is 0 Å². The summed E-state index contributed by atoms with van der Waals surface area (Å²) in [5.74, 6) is -2.81. The molecule has 0 aliphatic heterocycles. The summed E-state index contributed by atoms with van der Waals surface area (Å²) in [6.45, 7) is 0.421. The summed E-state index contributed by atoms with van der Waals surface area (Å²) in [6, 6.07) is 8.47. The summed E-state index contributed by atoms with van der Waals surface area (Å²) in [5, 5.41) is 4.78. The molecule has 0 aromatic heterocycles. The van der Waals surface area contributed by atoms with Gasteiger partial charge in [0.25, 0.3) is 0 Å². The number of nitrogens with one attached hydrogen (secondary N) is 2. The Hall–Kier alpha value is -1.93. The molecule has 1 aromatic rings. The molecule has 0 bridgehead atoms. The summed E-state index contributed by atoms with van der Waals surface area (Å²) >= 11 is 0. The van der Waals surface area contributed by atoms with E-state index < -0.39 is 33.2 Å². The molecule has 0 aliphatic carbocycles. The predicted octanol–water partition coefficient (Wildman–Crippen LogP) is -0.885. The van der Waals surface area contributed by atoms with Gasteiger partial charge in [-0.1, -0.05) is 18.2 Å². The highest BCUT2D eigenvalue weighted by Crippen LogP contribution is 2.05. The first-order valence-electron chi connectivity index (χ1n) is 5.95. The van der Waals surface area contributed by atoms with Crippen LogP contribution in [-0.4, -0.2) is 44.8 Å². The van der Waals surface area contributed by atoms with Crippen LogP contribution in [0.1, 0.15) is 0 Å². The second kappa shape index (κ2) is 7.61. The van der Waals surface area contributed by atoms with Gasteiger partial charge in [0.15, 0.2) is 9.84 Å². The number of carbonyl (C=O) groups excluding carboxylic acids is 2. The predicted molar refractivity (Wildman–Crippen MR) is 75.8 cm³/mol. The standard InChI is InChI=1S/C12H17N3O4S/c13-6-7-14-11(16)8-20(18,19)9-12(17)15-10-4-2-1-3-5-10/h1-5H,6-9,13H2,(H,14,16)(H,15,17). The van der Waals surface area contributed by atoms with E-state index in [1.54, 1.807) is 30.3 Å². The van der Waals surface area contributed by atoms with Crippen LogP contribution in [0.2, 0.25) is 0 Å². The maximum atomic E-state index is 11.7. The van der Waals surface area contributed by atoms with E-state index in [-0.39, 0.29) is 13.1 Å².